The second-order valence-electron chi connectivity index (χ2n) is 3.96. The summed E-state index contributed by atoms with van der Waals surface area (Å²) in [6.07, 6.45) is -11.1. The molecule has 0 spiro atoms. The number of hydrazine groups is 1. The largest absolute Gasteiger partial charge is 0.460 e. The third-order valence-electron chi connectivity index (χ3n) is 2.60. The Balaban J connectivity index is 3.38. The van der Waals surface area contributed by atoms with Gasteiger partial charge in [0.25, 0.3) is 5.91 Å². The minimum absolute atomic E-state index is 0.553. The zero-order valence-corrected chi connectivity index (χ0v) is 9.21. The second-order valence-corrected chi connectivity index (χ2v) is 3.96. The maximum atomic E-state index is 13.3. The average Bonchev–Trinajstić information content (AvgIpc) is 2.56. The van der Waals surface area contributed by atoms with Crippen LogP contribution < -0.4 is 10.9 Å². The molecule has 4 nitrogen and oxygen atoms in total. The van der Waals surface area contributed by atoms with E-state index in [1.165, 1.54) is 0 Å². The van der Waals surface area contributed by atoms with Gasteiger partial charge in [-0.3, -0.25) is 10.2 Å². The Morgan fingerprint density at radius 3 is 1.67 bits per heavy atom. The van der Waals surface area contributed by atoms with Crippen LogP contribution in [-0.4, -0.2) is 46.9 Å². The number of nitrogens with one attached hydrogen (secondary N) is 2. The van der Waals surface area contributed by atoms with Crippen LogP contribution in [0.3, 0.4) is 0 Å². The number of aliphatic hydroxyl groups is 1. The van der Waals surface area contributed by atoms with Gasteiger partial charge in [0.05, 0.1) is 0 Å². The highest BCUT2D eigenvalue weighted by Crippen LogP contribution is 2.56. The lowest BCUT2D eigenvalue weighted by atomic mass is 9.91. The summed E-state index contributed by atoms with van der Waals surface area (Å²) in [6, 6.07) is 0. The number of carbonyl (C=O) groups excluding carboxylic acids is 1. The summed E-state index contributed by atoms with van der Waals surface area (Å²) >= 11 is 0. The van der Waals surface area contributed by atoms with Crippen LogP contribution in [0.4, 0.5) is 43.9 Å². The number of amides is 1. The first kappa shape index (κ1) is 17.7. The second kappa shape index (κ2) is 4.34. The van der Waals surface area contributed by atoms with E-state index in [0.29, 0.717) is 5.43 Å². The molecular formula is C7H4F10N2O2. The van der Waals surface area contributed by atoms with Crippen LogP contribution in [0.15, 0.2) is 0 Å². The molecule has 21 heavy (non-hydrogen) atoms. The lowest BCUT2D eigenvalue weighted by Crippen LogP contribution is -2.74. The van der Waals surface area contributed by atoms with Crippen molar-refractivity contribution in [3.05, 3.63) is 0 Å². The molecule has 14 heteroatoms. The number of halogens is 10. The van der Waals surface area contributed by atoms with E-state index in [1.54, 1.807) is 0 Å². The smallest absolute Gasteiger partial charge is 0.366 e. The van der Waals surface area contributed by atoms with Gasteiger partial charge in [-0.25, -0.2) is 4.39 Å². The van der Waals surface area contributed by atoms with Crippen molar-refractivity contribution in [3.8, 4) is 0 Å². The number of rotatable bonds is 3. The van der Waals surface area contributed by atoms with Crippen molar-refractivity contribution in [1.82, 2.24) is 10.9 Å². The van der Waals surface area contributed by atoms with Gasteiger partial charge in [-0.15, -0.1) is 0 Å². The lowest BCUT2D eigenvalue weighted by Gasteiger charge is -2.40. The molecule has 1 fully saturated rings. The van der Waals surface area contributed by atoms with Crippen LogP contribution in [-0.2, 0) is 4.79 Å². The van der Waals surface area contributed by atoms with Gasteiger partial charge in [0, 0.05) is 0 Å². The summed E-state index contributed by atoms with van der Waals surface area (Å²) in [5, 5.41) is 8.92. The van der Waals surface area contributed by atoms with Gasteiger partial charge in [0.1, 0.15) is 0 Å². The Bertz CT molecular complexity index is 449. The van der Waals surface area contributed by atoms with Crippen LogP contribution in [0, 0.1) is 0 Å². The molecule has 1 aliphatic rings. The van der Waals surface area contributed by atoms with Gasteiger partial charge < -0.3 is 5.11 Å². The Hall–Kier alpha value is -1.31. The summed E-state index contributed by atoms with van der Waals surface area (Å²) in [5.74, 6) is -23.5. The number of carbonyl (C=O) groups is 1. The zero-order chi connectivity index (χ0) is 17.1. The average molecular weight is 338 g/mol. The topological polar surface area (TPSA) is 61.4 Å². The zero-order valence-electron chi connectivity index (χ0n) is 9.21. The first-order valence-electron chi connectivity index (χ1n) is 4.67. The van der Waals surface area contributed by atoms with E-state index in [0.717, 1.165) is 5.43 Å². The van der Waals surface area contributed by atoms with E-state index < -0.39 is 41.7 Å². The molecule has 0 radical (unpaired) electrons. The van der Waals surface area contributed by atoms with Gasteiger partial charge in [-0.2, -0.15) is 44.9 Å². The summed E-state index contributed by atoms with van der Waals surface area (Å²) in [5.41, 5.74) is -3.58. The van der Waals surface area contributed by atoms with E-state index in [4.69, 9.17) is 5.11 Å². The van der Waals surface area contributed by atoms with Crippen LogP contribution in [0.5, 0.6) is 0 Å². The van der Waals surface area contributed by atoms with Crippen molar-refractivity contribution in [3.63, 3.8) is 0 Å². The Morgan fingerprint density at radius 1 is 0.952 bits per heavy atom. The summed E-state index contributed by atoms with van der Waals surface area (Å²) in [4.78, 5) is 10.5. The van der Waals surface area contributed by atoms with E-state index in [9.17, 15) is 48.7 Å². The summed E-state index contributed by atoms with van der Waals surface area (Å²) in [6.45, 7) is 0. The third-order valence-corrected chi connectivity index (χ3v) is 2.60. The molecule has 0 aromatic carbocycles. The maximum absolute atomic E-state index is 13.3. The fourth-order valence-electron chi connectivity index (χ4n) is 1.33. The number of alkyl halides is 10. The van der Waals surface area contributed by atoms with Gasteiger partial charge in [0.2, 0.25) is 11.9 Å². The third kappa shape index (κ3) is 2.03. The molecule has 3 N–H and O–H groups in total. The van der Waals surface area contributed by atoms with Crippen LogP contribution >= 0.6 is 0 Å². The Morgan fingerprint density at radius 2 is 1.38 bits per heavy atom. The first-order valence-corrected chi connectivity index (χ1v) is 4.67. The fraction of sp³-hybridized carbons (Fsp3) is 0.857. The number of hydrogen-bond acceptors (Lipinski definition) is 3. The predicted molar refractivity (Wildman–Crippen MR) is 42.0 cm³/mol. The molecule has 0 aliphatic carbocycles. The van der Waals surface area contributed by atoms with Crippen LogP contribution in [0.1, 0.15) is 0 Å². The first-order chi connectivity index (χ1) is 9.04. The highest BCUT2D eigenvalue weighted by atomic mass is 19.4. The van der Waals surface area contributed by atoms with Crippen molar-refractivity contribution >= 4 is 5.91 Å². The van der Waals surface area contributed by atoms with E-state index >= 15 is 0 Å². The van der Waals surface area contributed by atoms with Crippen LogP contribution in [0.2, 0.25) is 0 Å². The molecule has 0 bridgehead atoms. The molecule has 0 aromatic heterocycles. The van der Waals surface area contributed by atoms with E-state index in [-0.39, 0.29) is 0 Å². The molecule has 1 rings (SSSR count). The van der Waals surface area contributed by atoms with Gasteiger partial charge in [-0.1, -0.05) is 0 Å². The summed E-state index contributed by atoms with van der Waals surface area (Å²) in [7, 11) is 0. The molecule has 1 saturated heterocycles. The van der Waals surface area contributed by atoms with Crippen molar-refractivity contribution in [1.29, 1.82) is 0 Å². The monoisotopic (exact) mass is 338 g/mol. The van der Waals surface area contributed by atoms with Crippen molar-refractivity contribution in [2.45, 2.75) is 35.8 Å². The number of hydrogen-bond donors (Lipinski definition) is 3. The highest BCUT2D eigenvalue weighted by molar-refractivity contribution is 5.84. The molecule has 124 valence electrons. The minimum atomic E-state index is -7.31. The molecule has 1 heterocycles. The molecule has 1 unspecified atom stereocenters. The van der Waals surface area contributed by atoms with Crippen molar-refractivity contribution < 1.29 is 53.8 Å². The molecule has 1 amide bonds. The predicted octanol–water partition coefficient (Wildman–Crippen LogP) is 1.12. The van der Waals surface area contributed by atoms with E-state index in [1.807, 2.05) is 0 Å². The molecular weight excluding hydrogens is 334 g/mol. The van der Waals surface area contributed by atoms with Crippen molar-refractivity contribution in [2.24, 2.45) is 0 Å². The van der Waals surface area contributed by atoms with Gasteiger partial charge >= 0.3 is 23.9 Å². The van der Waals surface area contributed by atoms with Crippen molar-refractivity contribution in [2.75, 3.05) is 0 Å². The normalized spacial score (nSPS) is 28.7. The molecule has 0 aromatic rings. The fourth-order valence-corrected chi connectivity index (χ4v) is 1.33. The Labute approximate surface area is 108 Å². The molecule has 2 atom stereocenters. The van der Waals surface area contributed by atoms with Crippen LogP contribution in [0.25, 0.3) is 0 Å². The van der Waals surface area contributed by atoms with Gasteiger partial charge in [-0.05, 0) is 0 Å². The lowest BCUT2D eigenvalue weighted by molar-refractivity contribution is -0.421. The minimum Gasteiger partial charge on any atom is -0.366 e. The van der Waals surface area contributed by atoms with E-state index in [2.05, 4.69) is 0 Å². The highest BCUT2D eigenvalue weighted by Gasteiger charge is 2.88. The van der Waals surface area contributed by atoms with Gasteiger partial charge in [0.15, 0.2) is 0 Å². The SMILES string of the molecule is O=C1NN[C@](O)(C(F)(F)C(F)(F)C(F)(F)C(F)(F)F)C1F. The standard InChI is InChI=1S/C7H4F10N2O2/c8-1-2(20)18-19-3(1,21)4(9,10)5(11,12)6(13,14)7(15,16)17/h1,19,21H,(H,18,20)/t1?,3-/m1/s1. The quantitative estimate of drug-likeness (QED) is 0.676. The molecule has 1 aliphatic heterocycles. The maximum Gasteiger partial charge on any atom is 0.460 e. The summed E-state index contributed by atoms with van der Waals surface area (Å²) < 4.78 is 126. The Kier molecular flexibility index (Phi) is 3.67. The molecule has 0 saturated carbocycles.